The Morgan fingerprint density at radius 1 is 1.04 bits per heavy atom. The minimum absolute atomic E-state index is 0.151. The first-order chi connectivity index (χ1) is 12.0. The standard InChI is InChI=1S/C19H22O6/c1-5-7-14(25-16(22)6-2)11-10-15(23-3)17-12(20)8-9-13(21)18(17)19(11)24-4/h8-10,14H,5-7H2,1-4H3. The molecule has 1 aliphatic rings. The van der Waals surface area contributed by atoms with E-state index in [2.05, 4.69) is 0 Å². The zero-order valence-corrected chi connectivity index (χ0v) is 14.9. The van der Waals surface area contributed by atoms with Crippen LogP contribution in [0.25, 0.3) is 0 Å². The summed E-state index contributed by atoms with van der Waals surface area (Å²) in [5, 5.41) is 0. The third-order valence-electron chi connectivity index (χ3n) is 4.04. The third-order valence-corrected chi connectivity index (χ3v) is 4.04. The van der Waals surface area contributed by atoms with Gasteiger partial charge in [-0.25, -0.2) is 0 Å². The van der Waals surface area contributed by atoms with Crippen molar-refractivity contribution in [2.45, 2.75) is 39.2 Å². The fourth-order valence-electron chi connectivity index (χ4n) is 2.86. The normalized spacial score (nSPS) is 14.1. The van der Waals surface area contributed by atoms with Gasteiger partial charge in [0.05, 0.1) is 25.3 Å². The molecule has 0 aliphatic heterocycles. The summed E-state index contributed by atoms with van der Waals surface area (Å²) in [7, 11) is 2.85. The second kappa shape index (κ2) is 7.96. The number of hydrogen-bond acceptors (Lipinski definition) is 6. The summed E-state index contributed by atoms with van der Waals surface area (Å²) in [4.78, 5) is 36.5. The van der Waals surface area contributed by atoms with Crippen molar-refractivity contribution >= 4 is 17.5 Å². The van der Waals surface area contributed by atoms with E-state index in [9.17, 15) is 14.4 Å². The van der Waals surface area contributed by atoms with E-state index < -0.39 is 6.10 Å². The summed E-state index contributed by atoms with van der Waals surface area (Å²) in [5.74, 6) is -0.500. The van der Waals surface area contributed by atoms with Crippen LogP contribution < -0.4 is 9.47 Å². The Labute approximate surface area is 146 Å². The van der Waals surface area contributed by atoms with E-state index in [1.807, 2.05) is 6.92 Å². The van der Waals surface area contributed by atoms with Gasteiger partial charge in [-0.2, -0.15) is 0 Å². The van der Waals surface area contributed by atoms with E-state index in [4.69, 9.17) is 14.2 Å². The van der Waals surface area contributed by atoms with Crippen LogP contribution in [-0.4, -0.2) is 31.8 Å². The molecule has 0 saturated carbocycles. The number of fused-ring (bicyclic) bond motifs is 1. The molecule has 1 aromatic rings. The first kappa shape index (κ1) is 18.7. The van der Waals surface area contributed by atoms with Gasteiger partial charge in [0.2, 0.25) is 0 Å². The summed E-state index contributed by atoms with van der Waals surface area (Å²) in [6, 6.07) is 1.62. The van der Waals surface area contributed by atoms with Gasteiger partial charge in [-0.3, -0.25) is 14.4 Å². The van der Waals surface area contributed by atoms with Crippen molar-refractivity contribution in [2.75, 3.05) is 14.2 Å². The fraction of sp³-hybridized carbons (Fsp3) is 0.421. The average molecular weight is 346 g/mol. The first-order valence-corrected chi connectivity index (χ1v) is 8.23. The largest absolute Gasteiger partial charge is 0.496 e. The molecule has 1 unspecified atom stereocenters. The molecular weight excluding hydrogens is 324 g/mol. The van der Waals surface area contributed by atoms with E-state index in [-0.39, 0.29) is 46.6 Å². The van der Waals surface area contributed by atoms with Crippen LogP contribution in [0.15, 0.2) is 18.2 Å². The number of hydrogen-bond donors (Lipinski definition) is 0. The van der Waals surface area contributed by atoms with Crippen molar-refractivity contribution in [3.8, 4) is 11.5 Å². The Hall–Kier alpha value is -2.63. The Morgan fingerprint density at radius 3 is 2.20 bits per heavy atom. The highest BCUT2D eigenvalue weighted by molar-refractivity contribution is 6.24. The monoisotopic (exact) mass is 346 g/mol. The quantitative estimate of drug-likeness (QED) is 0.704. The third kappa shape index (κ3) is 3.57. The van der Waals surface area contributed by atoms with Crippen LogP contribution in [0.5, 0.6) is 11.5 Å². The molecule has 6 heteroatoms. The van der Waals surface area contributed by atoms with Crippen molar-refractivity contribution in [3.05, 3.63) is 34.9 Å². The highest BCUT2D eigenvalue weighted by Crippen LogP contribution is 2.42. The molecular formula is C19H22O6. The lowest BCUT2D eigenvalue weighted by atomic mass is 9.88. The smallest absolute Gasteiger partial charge is 0.306 e. The Bertz CT molecular complexity index is 732. The number of benzene rings is 1. The van der Waals surface area contributed by atoms with Gasteiger partial charge in [0.1, 0.15) is 17.6 Å². The number of methoxy groups -OCH3 is 2. The SMILES string of the molecule is CCCC(OC(=O)CC)c1cc(OC)c2c(c1OC)C(=O)C=CC2=O. The summed E-state index contributed by atoms with van der Waals surface area (Å²) >= 11 is 0. The number of allylic oxidation sites excluding steroid dienone is 2. The maximum absolute atomic E-state index is 12.4. The van der Waals surface area contributed by atoms with Crippen LogP contribution in [-0.2, 0) is 9.53 Å². The predicted octanol–water partition coefficient (Wildman–Crippen LogP) is 3.43. The molecule has 6 nitrogen and oxygen atoms in total. The summed E-state index contributed by atoms with van der Waals surface area (Å²) in [5.41, 5.74) is 0.851. The number of esters is 1. The Kier molecular flexibility index (Phi) is 5.96. The van der Waals surface area contributed by atoms with Crippen molar-refractivity contribution in [1.29, 1.82) is 0 Å². The molecule has 0 amide bonds. The first-order valence-electron chi connectivity index (χ1n) is 8.23. The molecule has 0 radical (unpaired) electrons. The van der Waals surface area contributed by atoms with Crippen molar-refractivity contribution in [1.82, 2.24) is 0 Å². The Balaban J connectivity index is 2.69. The molecule has 0 spiro atoms. The van der Waals surface area contributed by atoms with Crippen LogP contribution in [0.3, 0.4) is 0 Å². The number of carbonyl (C=O) groups excluding carboxylic acids is 3. The lowest BCUT2D eigenvalue weighted by Gasteiger charge is -2.24. The predicted molar refractivity (Wildman–Crippen MR) is 91.4 cm³/mol. The van der Waals surface area contributed by atoms with Gasteiger partial charge in [-0.15, -0.1) is 0 Å². The van der Waals surface area contributed by atoms with Crippen LogP contribution in [0.1, 0.15) is 65.5 Å². The molecule has 0 heterocycles. The summed E-state index contributed by atoms with van der Waals surface area (Å²) < 4.78 is 16.3. The molecule has 1 aromatic carbocycles. The van der Waals surface area contributed by atoms with Crippen molar-refractivity contribution in [2.24, 2.45) is 0 Å². The number of ketones is 2. The van der Waals surface area contributed by atoms with Gasteiger partial charge < -0.3 is 14.2 Å². The highest BCUT2D eigenvalue weighted by Gasteiger charge is 2.32. The van der Waals surface area contributed by atoms with Crippen molar-refractivity contribution < 1.29 is 28.6 Å². The van der Waals surface area contributed by atoms with Gasteiger partial charge in [0.15, 0.2) is 11.6 Å². The molecule has 2 rings (SSSR count). The lowest BCUT2D eigenvalue weighted by molar-refractivity contribution is -0.149. The lowest BCUT2D eigenvalue weighted by Crippen LogP contribution is -2.18. The van der Waals surface area contributed by atoms with Crippen LogP contribution in [0, 0.1) is 0 Å². The molecule has 0 N–H and O–H groups in total. The van der Waals surface area contributed by atoms with Gasteiger partial charge in [-0.1, -0.05) is 20.3 Å². The fourth-order valence-corrected chi connectivity index (χ4v) is 2.86. The van der Waals surface area contributed by atoms with Gasteiger partial charge in [0.25, 0.3) is 0 Å². The van der Waals surface area contributed by atoms with E-state index in [0.29, 0.717) is 12.0 Å². The number of rotatable bonds is 7. The molecule has 0 aromatic heterocycles. The second-order valence-corrected chi connectivity index (χ2v) is 5.63. The summed E-state index contributed by atoms with van der Waals surface area (Å²) in [6.07, 6.45) is 3.40. The van der Waals surface area contributed by atoms with E-state index in [0.717, 1.165) is 6.42 Å². The summed E-state index contributed by atoms with van der Waals surface area (Å²) in [6.45, 7) is 3.68. The van der Waals surface area contributed by atoms with Gasteiger partial charge in [-0.05, 0) is 24.6 Å². The van der Waals surface area contributed by atoms with E-state index in [1.165, 1.54) is 26.4 Å². The molecule has 0 bridgehead atoms. The molecule has 134 valence electrons. The topological polar surface area (TPSA) is 78.9 Å². The maximum atomic E-state index is 12.4. The molecule has 25 heavy (non-hydrogen) atoms. The molecule has 0 saturated heterocycles. The zero-order chi connectivity index (χ0) is 18.6. The zero-order valence-electron chi connectivity index (χ0n) is 14.9. The van der Waals surface area contributed by atoms with Crippen LogP contribution >= 0.6 is 0 Å². The second-order valence-electron chi connectivity index (χ2n) is 5.63. The van der Waals surface area contributed by atoms with Gasteiger partial charge in [0, 0.05) is 12.0 Å². The maximum Gasteiger partial charge on any atom is 0.306 e. The molecule has 1 aliphatic carbocycles. The molecule has 0 fully saturated rings. The molecule has 1 atom stereocenters. The van der Waals surface area contributed by atoms with Gasteiger partial charge >= 0.3 is 5.97 Å². The van der Waals surface area contributed by atoms with Crippen LogP contribution in [0.4, 0.5) is 0 Å². The minimum atomic E-state index is -0.583. The van der Waals surface area contributed by atoms with Crippen molar-refractivity contribution in [3.63, 3.8) is 0 Å². The van der Waals surface area contributed by atoms with E-state index in [1.54, 1.807) is 13.0 Å². The average Bonchev–Trinajstić information content (AvgIpc) is 2.62. The Morgan fingerprint density at radius 2 is 1.68 bits per heavy atom. The number of ether oxygens (including phenoxy) is 3. The minimum Gasteiger partial charge on any atom is -0.496 e. The number of carbonyl (C=O) groups is 3. The van der Waals surface area contributed by atoms with E-state index >= 15 is 0 Å². The highest BCUT2D eigenvalue weighted by atomic mass is 16.5. The van der Waals surface area contributed by atoms with Crippen LogP contribution in [0.2, 0.25) is 0 Å².